The number of phenols is 1. The van der Waals surface area contributed by atoms with Crippen molar-refractivity contribution in [2.45, 2.75) is 24.9 Å². The number of fused-ring (bicyclic) bond motifs is 2. The van der Waals surface area contributed by atoms with Gasteiger partial charge in [0, 0.05) is 42.2 Å². The number of aromatic nitrogens is 1. The van der Waals surface area contributed by atoms with Gasteiger partial charge in [-0.3, -0.25) is 4.98 Å². The molecule has 0 atom stereocenters. The number of para-hydroxylation sites is 1. The number of piperidine rings is 1. The SMILES string of the molecule is COc1ccc2c(O)c(OCCCN3CCC(O)(c4cnc5ccccc5c4)CC3)ccc2c1. The van der Waals surface area contributed by atoms with E-state index < -0.39 is 5.60 Å². The van der Waals surface area contributed by atoms with Crippen LogP contribution in [-0.4, -0.2) is 53.4 Å². The zero-order valence-electron chi connectivity index (χ0n) is 19.4. The first kappa shape index (κ1) is 22.4. The number of aromatic hydroxyl groups is 1. The maximum absolute atomic E-state index is 11.3. The lowest BCUT2D eigenvalue weighted by atomic mass is 9.85. The molecule has 1 saturated heterocycles. The van der Waals surface area contributed by atoms with Gasteiger partial charge in [0.05, 0.1) is 24.8 Å². The number of nitrogens with zero attached hydrogens (tertiary/aromatic N) is 2. The van der Waals surface area contributed by atoms with Crippen LogP contribution in [0, 0.1) is 0 Å². The molecule has 1 aromatic heterocycles. The van der Waals surface area contributed by atoms with E-state index in [0.717, 1.165) is 59.0 Å². The number of ether oxygens (including phenoxy) is 2. The lowest BCUT2D eigenvalue weighted by Gasteiger charge is -2.38. The number of pyridine rings is 1. The molecular formula is C28H30N2O4. The molecule has 176 valence electrons. The molecule has 34 heavy (non-hydrogen) atoms. The number of hydrogen-bond acceptors (Lipinski definition) is 6. The molecule has 0 saturated carbocycles. The van der Waals surface area contributed by atoms with Crippen molar-refractivity contribution < 1.29 is 19.7 Å². The molecule has 6 heteroatoms. The average molecular weight is 459 g/mol. The Hall–Kier alpha value is -3.35. The monoisotopic (exact) mass is 458 g/mol. The third kappa shape index (κ3) is 4.52. The Kier molecular flexibility index (Phi) is 6.26. The molecule has 1 fully saturated rings. The number of aliphatic hydroxyl groups is 1. The molecule has 0 aliphatic carbocycles. The van der Waals surface area contributed by atoms with Crippen LogP contribution in [0.3, 0.4) is 0 Å². The molecule has 0 radical (unpaired) electrons. The summed E-state index contributed by atoms with van der Waals surface area (Å²) in [6.07, 6.45) is 4.03. The standard InChI is InChI=1S/C28H30N2O4/c1-33-23-8-9-24-20(18-23)7-10-26(27(24)31)34-16-4-13-30-14-11-28(32,12-15-30)22-17-21-5-2-3-6-25(21)29-19-22/h2-3,5-10,17-19,31-32H,4,11-16H2,1H3. The molecule has 0 bridgehead atoms. The van der Waals surface area contributed by atoms with E-state index in [1.807, 2.05) is 54.7 Å². The lowest BCUT2D eigenvalue weighted by Crippen LogP contribution is -2.43. The van der Waals surface area contributed by atoms with E-state index in [1.54, 1.807) is 13.2 Å². The van der Waals surface area contributed by atoms with Gasteiger partial charge in [-0.25, -0.2) is 0 Å². The first-order valence-electron chi connectivity index (χ1n) is 11.8. The second-order valence-corrected chi connectivity index (χ2v) is 8.99. The van der Waals surface area contributed by atoms with Gasteiger partial charge >= 0.3 is 0 Å². The smallest absolute Gasteiger partial charge is 0.165 e. The Morgan fingerprint density at radius 2 is 1.82 bits per heavy atom. The summed E-state index contributed by atoms with van der Waals surface area (Å²) in [6.45, 7) is 3.06. The van der Waals surface area contributed by atoms with E-state index in [4.69, 9.17) is 9.47 Å². The summed E-state index contributed by atoms with van der Waals surface area (Å²) in [5, 5.41) is 24.6. The van der Waals surface area contributed by atoms with E-state index in [9.17, 15) is 10.2 Å². The van der Waals surface area contributed by atoms with E-state index in [0.29, 0.717) is 25.2 Å². The molecule has 3 aromatic carbocycles. The third-order valence-corrected chi connectivity index (χ3v) is 6.85. The highest BCUT2D eigenvalue weighted by molar-refractivity contribution is 5.91. The Morgan fingerprint density at radius 3 is 2.65 bits per heavy atom. The quantitative estimate of drug-likeness (QED) is 0.386. The zero-order chi connectivity index (χ0) is 23.5. The third-order valence-electron chi connectivity index (χ3n) is 6.85. The van der Waals surface area contributed by atoms with Crippen molar-refractivity contribution in [3.8, 4) is 17.2 Å². The second kappa shape index (κ2) is 9.49. The zero-order valence-corrected chi connectivity index (χ0v) is 19.4. The van der Waals surface area contributed by atoms with Gasteiger partial charge in [-0.05, 0) is 61.0 Å². The van der Waals surface area contributed by atoms with Crippen molar-refractivity contribution >= 4 is 21.7 Å². The number of phenolic OH excluding ortho intramolecular Hbond substituents is 1. The van der Waals surface area contributed by atoms with Crippen LogP contribution in [0.25, 0.3) is 21.7 Å². The summed E-state index contributed by atoms with van der Waals surface area (Å²) in [4.78, 5) is 6.89. The van der Waals surface area contributed by atoms with Gasteiger partial charge in [0.25, 0.3) is 0 Å². The molecule has 1 aliphatic heterocycles. The first-order chi connectivity index (χ1) is 16.6. The van der Waals surface area contributed by atoms with Crippen LogP contribution < -0.4 is 9.47 Å². The minimum Gasteiger partial charge on any atom is -0.504 e. The summed E-state index contributed by atoms with van der Waals surface area (Å²) in [5.74, 6) is 1.41. The molecule has 5 rings (SSSR count). The molecule has 1 aliphatic rings. The van der Waals surface area contributed by atoms with Crippen molar-refractivity contribution in [1.29, 1.82) is 0 Å². The maximum Gasteiger partial charge on any atom is 0.165 e. The topological polar surface area (TPSA) is 75.0 Å². The van der Waals surface area contributed by atoms with E-state index in [1.165, 1.54) is 0 Å². The fourth-order valence-electron chi connectivity index (χ4n) is 4.75. The Morgan fingerprint density at radius 1 is 1.00 bits per heavy atom. The van der Waals surface area contributed by atoms with Gasteiger partial charge in [-0.15, -0.1) is 0 Å². The lowest BCUT2D eigenvalue weighted by molar-refractivity contribution is -0.0266. The highest BCUT2D eigenvalue weighted by Crippen LogP contribution is 2.36. The highest BCUT2D eigenvalue weighted by Gasteiger charge is 2.34. The predicted molar refractivity (Wildman–Crippen MR) is 134 cm³/mol. The fraction of sp³-hybridized carbons (Fsp3) is 0.321. The van der Waals surface area contributed by atoms with Gasteiger partial charge in [-0.1, -0.05) is 24.3 Å². The summed E-state index contributed by atoms with van der Waals surface area (Å²) in [5.41, 5.74) is 1.02. The molecule has 6 nitrogen and oxygen atoms in total. The van der Waals surface area contributed by atoms with Crippen LogP contribution in [0.2, 0.25) is 0 Å². The molecule has 2 heterocycles. The molecule has 0 amide bonds. The molecule has 0 spiro atoms. The van der Waals surface area contributed by atoms with Gasteiger partial charge in [0.2, 0.25) is 0 Å². The normalized spacial score (nSPS) is 16.1. The van der Waals surface area contributed by atoms with Crippen molar-refractivity contribution in [1.82, 2.24) is 9.88 Å². The van der Waals surface area contributed by atoms with Gasteiger partial charge < -0.3 is 24.6 Å². The Balaban J connectivity index is 1.13. The number of rotatable bonds is 7. The first-order valence-corrected chi connectivity index (χ1v) is 11.8. The fourth-order valence-corrected chi connectivity index (χ4v) is 4.75. The summed E-state index contributed by atoms with van der Waals surface area (Å²) in [7, 11) is 1.63. The maximum atomic E-state index is 11.3. The average Bonchev–Trinajstić information content (AvgIpc) is 2.88. The highest BCUT2D eigenvalue weighted by atomic mass is 16.5. The Bertz CT molecular complexity index is 1300. The van der Waals surface area contributed by atoms with E-state index in [2.05, 4.69) is 16.0 Å². The molecule has 4 aromatic rings. The minimum atomic E-state index is -0.830. The summed E-state index contributed by atoms with van der Waals surface area (Å²) >= 11 is 0. The number of hydrogen-bond donors (Lipinski definition) is 2. The van der Waals surface area contributed by atoms with E-state index in [-0.39, 0.29) is 5.75 Å². The van der Waals surface area contributed by atoms with E-state index >= 15 is 0 Å². The molecule has 2 N–H and O–H groups in total. The van der Waals surface area contributed by atoms with Crippen molar-refractivity contribution in [3.05, 3.63) is 72.4 Å². The summed E-state index contributed by atoms with van der Waals surface area (Å²) in [6, 6.07) is 19.4. The molecular weight excluding hydrogens is 428 g/mol. The predicted octanol–water partition coefficient (Wildman–Crippen LogP) is 4.85. The summed E-state index contributed by atoms with van der Waals surface area (Å²) < 4.78 is 11.1. The van der Waals surface area contributed by atoms with Crippen LogP contribution in [-0.2, 0) is 5.60 Å². The Labute approximate surface area is 199 Å². The van der Waals surface area contributed by atoms with Crippen LogP contribution >= 0.6 is 0 Å². The van der Waals surface area contributed by atoms with Gasteiger partial charge in [-0.2, -0.15) is 0 Å². The van der Waals surface area contributed by atoms with Crippen LogP contribution in [0.4, 0.5) is 0 Å². The van der Waals surface area contributed by atoms with Crippen molar-refractivity contribution in [2.24, 2.45) is 0 Å². The minimum absolute atomic E-state index is 0.159. The van der Waals surface area contributed by atoms with Crippen molar-refractivity contribution in [3.63, 3.8) is 0 Å². The second-order valence-electron chi connectivity index (χ2n) is 8.99. The number of likely N-dealkylation sites (tertiary alicyclic amines) is 1. The van der Waals surface area contributed by atoms with Crippen LogP contribution in [0.1, 0.15) is 24.8 Å². The van der Waals surface area contributed by atoms with Gasteiger partial charge in [0.1, 0.15) is 5.75 Å². The number of benzene rings is 3. The number of methoxy groups -OCH3 is 1. The van der Waals surface area contributed by atoms with Crippen LogP contribution in [0.15, 0.2) is 66.9 Å². The van der Waals surface area contributed by atoms with Crippen molar-refractivity contribution in [2.75, 3.05) is 33.4 Å². The largest absolute Gasteiger partial charge is 0.504 e. The van der Waals surface area contributed by atoms with Crippen LogP contribution in [0.5, 0.6) is 17.2 Å². The van der Waals surface area contributed by atoms with Gasteiger partial charge in [0.15, 0.2) is 11.5 Å². The molecule has 0 unspecified atom stereocenters.